The highest BCUT2D eigenvalue weighted by Gasteiger charge is 2.51. The van der Waals surface area contributed by atoms with Crippen molar-refractivity contribution in [2.45, 2.75) is 5.41 Å². The lowest BCUT2D eigenvalue weighted by Crippen LogP contribution is -2.26. The topological polar surface area (TPSA) is 16.4 Å². The van der Waals surface area contributed by atoms with E-state index in [-0.39, 0.29) is 0 Å². The van der Waals surface area contributed by atoms with Gasteiger partial charge in [-0.25, -0.2) is 0 Å². The molecule has 12 aromatic rings. The molecule has 2 aliphatic rings. The molecule has 0 atom stereocenters. The third kappa shape index (κ3) is 5.23. The zero-order chi connectivity index (χ0) is 42.6. The third-order valence-corrected chi connectivity index (χ3v) is 14.2. The van der Waals surface area contributed by atoms with Crippen molar-refractivity contribution in [3.8, 4) is 44.5 Å². The van der Waals surface area contributed by atoms with Gasteiger partial charge in [0.2, 0.25) is 0 Å². The molecule has 2 nitrogen and oxygen atoms in total. The molecule has 1 aromatic heterocycles. The zero-order valence-corrected chi connectivity index (χ0v) is 35.4. The van der Waals surface area contributed by atoms with E-state index < -0.39 is 5.41 Å². The first-order valence-corrected chi connectivity index (χ1v) is 22.5. The highest BCUT2D eigenvalue weighted by atomic mass is 16.3. The van der Waals surface area contributed by atoms with Crippen LogP contribution in [0.4, 0.5) is 17.1 Å². The molecule has 0 amide bonds. The lowest BCUT2D eigenvalue weighted by atomic mass is 9.70. The van der Waals surface area contributed by atoms with Gasteiger partial charge in [0, 0.05) is 27.8 Å². The van der Waals surface area contributed by atoms with Crippen LogP contribution in [0.5, 0.6) is 0 Å². The van der Waals surface area contributed by atoms with Gasteiger partial charge in [-0.15, -0.1) is 0 Å². The van der Waals surface area contributed by atoms with Gasteiger partial charge in [-0.3, -0.25) is 0 Å². The highest BCUT2D eigenvalue weighted by Crippen LogP contribution is 2.63. The van der Waals surface area contributed by atoms with E-state index >= 15 is 0 Å². The summed E-state index contributed by atoms with van der Waals surface area (Å²) in [6, 6.07) is 87.3. The summed E-state index contributed by atoms with van der Waals surface area (Å²) in [5, 5.41) is 7.14. The Balaban J connectivity index is 0.977. The lowest BCUT2D eigenvalue weighted by Gasteiger charge is -2.32. The Morgan fingerprint density at radius 1 is 0.277 bits per heavy atom. The maximum Gasteiger partial charge on any atom is 0.135 e. The number of nitrogens with zero attached hydrogens (tertiary/aromatic N) is 1. The molecule has 11 aromatic carbocycles. The largest absolute Gasteiger partial charge is 0.456 e. The quantitative estimate of drug-likeness (QED) is 0.172. The first-order chi connectivity index (χ1) is 32.2. The van der Waals surface area contributed by atoms with Crippen LogP contribution in [-0.2, 0) is 5.41 Å². The van der Waals surface area contributed by atoms with E-state index in [0.29, 0.717) is 0 Å². The molecular weight excluding hydrogens is 787 g/mol. The summed E-state index contributed by atoms with van der Waals surface area (Å²) in [6.07, 6.45) is 0. The molecule has 0 bridgehead atoms. The molecule has 1 spiro atoms. The number of rotatable bonds is 5. The summed E-state index contributed by atoms with van der Waals surface area (Å²) in [5.41, 5.74) is 19.9. The second-order valence-electron chi connectivity index (χ2n) is 17.6. The summed E-state index contributed by atoms with van der Waals surface area (Å²) < 4.78 is 6.37. The van der Waals surface area contributed by atoms with Crippen LogP contribution < -0.4 is 4.90 Å². The Kier molecular flexibility index (Phi) is 7.64. The van der Waals surface area contributed by atoms with Crippen LogP contribution in [0.25, 0.3) is 88.0 Å². The Hall–Kier alpha value is -8.46. The number of furan rings is 1. The van der Waals surface area contributed by atoms with Crippen molar-refractivity contribution in [3.63, 3.8) is 0 Å². The van der Waals surface area contributed by atoms with Gasteiger partial charge in [-0.2, -0.15) is 0 Å². The Morgan fingerprint density at radius 3 is 1.43 bits per heavy atom. The molecule has 65 heavy (non-hydrogen) atoms. The second-order valence-corrected chi connectivity index (χ2v) is 17.6. The van der Waals surface area contributed by atoms with Crippen LogP contribution >= 0.6 is 0 Å². The normalized spacial score (nSPS) is 13.0. The Bertz CT molecular complexity index is 3850. The number of anilines is 3. The van der Waals surface area contributed by atoms with Gasteiger partial charge in [0.25, 0.3) is 0 Å². The molecule has 0 fully saturated rings. The first-order valence-electron chi connectivity index (χ1n) is 22.5. The average molecular weight is 826 g/mol. The van der Waals surface area contributed by atoms with E-state index in [1.807, 2.05) is 6.07 Å². The van der Waals surface area contributed by atoms with Gasteiger partial charge in [0.1, 0.15) is 11.2 Å². The smallest absolute Gasteiger partial charge is 0.135 e. The van der Waals surface area contributed by atoms with Gasteiger partial charge in [0.15, 0.2) is 0 Å². The SMILES string of the molecule is c1ccc2c(c1)-c1ccccc1C21c2ccccc2-c2ccc(N(c3ccc(-c4cc5ccccc5cc4-c4ccc5ccccc5c4)cc3)c3ccc4oc5ccccc5c4c3)cc21. The first kappa shape index (κ1) is 36.1. The van der Waals surface area contributed by atoms with E-state index in [2.05, 4.69) is 235 Å². The monoisotopic (exact) mass is 825 g/mol. The van der Waals surface area contributed by atoms with Crippen molar-refractivity contribution < 1.29 is 4.42 Å². The van der Waals surface area contributed by atoms with Gasteiger partial charge >= 0.3 is 0 Å². The Labute approximate surface area is 376 Å². The fourth-order valence-corrected chi connectivity index (χ4v) is 11.4. The number of benzene rings is 11. The molecule has 0 saturated carbocycles. The number of hydrogen-bond donors (Lipinski definition) is 0. The fraction of sp³-hybridized carbons (Fsp3) is 0.0159. The van der Waals surface area contributed by atoms with Crippen molar-refractivity contribution in [1.29, 1.82) is 0 Å². The molecule has 0 aliphatic heterocycles. The van der Waals surface area contributed by atoms with Crippen molar-refractivity contribution in [2.75, 3.05) is 4.90 Å². The van der Waals surface area contributed by atoms with Gasteiger partial charge in [0.05, 0.1) is 5.41 Å². The van der Waals surface area contributed by atoms with E-state index in [0.717, 1.165) is 39.0 Å². The number of para-hydroxylation sites is 1. The third-order valence-electron chi connectivity index (χ3n) is 14.2. The molecule has 2 heteroatoms. The number of fused-ring (bicyclic) bond motifs is 15. The molecular formula is C63H39NO. The molecule has 14 rings (SSSR count). The lowest BCUT2D eigenvalue weighted by molar-refractivity contribution is 0.669. The van der Waals surface area contributed by atoms with Crippen LogP contribution in [0.3, 0.4) is 0 Å². The van der Waals surface area contributed by atoms with E-state index in [4.69, 9.17) is 4.42 Å². The minimum absolute atomic E-state index is 0.454. The fourth-order valence-electron chi connectivity index (χ4n) is 11.4. The van der Waals surface area contributed by atoms with E-state index in [1.54, 1.807) is 0 Å². The summed E-state index contributed by atoms with van der Waals surface area (Å²) in [4.78, 5) is 2.43. The highest BCUT2D eigenvalue weighted by molar-refractivity contribution is 6.07. The minimum atomic E-state index is -0.454. The van der Waals surface area contributed by atoms with Crippen LogP contribution in [0.2, 0.25) is 0 Å². The molecule has 0 unspecified atom stereocenters. The maximum absolute atomic E-state index is 6.37. The molecule has 2 aliphatic carbocycles. The van der Waals surface area contributed by atoms with E-state index in [9.17, 15) is 0 Å². The summed E-state index contributed by atoms with van der Waals surface area (Å²) in [7, 11) is 0. The van der Waals surface area contributed by atoms with Gasteiger partial charge < -0.3 is 9.32 Å². The summed E-state index contributed by atoms with van der Waals surface area (Å²) in [5.74, 6) is 0. The van der Waals surface area contributed by atoms with Crippen molar-refractivity contribution >= 4 is 60.5 Å². The zero-order valence-electron chi connectivity index (χ0n) is 35.4. The predicted octanol–water partition coefficient (Wildman–Crippen LogP) is 17.0. The van der Waals surface area contributed by atoms with Crippen molar-refractivity contribution in [2.24, 2.45) is 0 Å². The number of hydrogen-bond acceptors (Lipinski definition) is 2. The second kappa shape index (κ2) is 13.8. The summed E-state index contributed by atoms with van der Waals surface area (Å²) >= 11 is 0. The molecule has 0 radical (unpaired) electrons. The molecule has 0 saturated heterocycles. The maximum atomic E-state index is 6.37. The molecule has 1 heterocycles. The van der Waals surface area contributed by atoms with Gasteiger partial charge in [-0.05, 0) is 155 Å². The van der Waals surface area contributed by atoms with Crippen LogP contribution in [0.1, 0.15) is 22.3 Å². The van der Waals surface area contributed by atoms with Gasteiger partial charge in [-0.1, -0.05) is 170 Å². The van der Waals surface area contributed by atoms with Crippen molar-refractivity contribution in [1.82, 2.24) is 0 Å². The molecule has 0 N–H and O–H groups in total. The average Bonchev–Trinajstić information content (AvgIpc) is 4.00. The van der Waals surface area contributed by atoms with E-state index in [1.165, 1.54) is 88.3 Å². The molecule has 302 valence electrons. The Morgan fingerprint density at radius 2 is 0.754 bits per heavy atom. The minimum Gasteiger partial charge on any atom is -0.456 e. The summed E-state index contributed by atoms with van der Waals surface area (Å²) in [6.45, 7) is 0. The van der Waals surface area contributed by atoms with Crippen molar-refractivity contribution in [3.05, 3.63) is 259 Å². The predicted molar refractivity (Wildman–Crippen MR) is 271 cm³/mol. The van der Waals surface area contributed by atoms with Crippen LogP contribution in [0, 0.1) is 0 Å². The van der Waals surface area contributed by atoms with Crippen LogP contribution in [-0.4, -0.2) is 0 Å². The standard InChI is InChI=1S/C63H39NO/c1-2-14-42-35-45(26-25-40(42)13-1)55-37-44-16-4-3-15-43(44)36-54(55)41-27-29-46(30-28-41)64(47-32-34-62-56(38-47)53-20-8-12-24-61(53)65-62)48-31-33-52-51-19-7-11-23-59(51)63(60(52)39-48)57-21-9-5-17-49(57)50-18-6-10-22-58(50)63/h1-39H. The van der Waals surface area contributed by atoms with Crippen LogP contribution in [0.15, 0.2) is 241 Å².